The van der Waals surface area contributed by atoms with E-state index in [9.17, 15) is 0 Å². The summed E-state index contributed by atoms with van der Waals surface area (Å²) < 4.78 is 5.50. The number of hydrogen-bond donors (Lipinski definition) is 0. The van der Waals surface area contributed by atoms with Gasteiger partial charge < -0.3 is 7.40 Å². The van der Waals surface area contributed by atoms with Crippen molar-refractivity contribution in [2.75, 3.05) is 0 Å². The fraction of sp³-hybridized carbons (Fsp3) is 0. The van der Waals surface area contributed by atoms with E-state index in [-0.39, 0.29) is 311 Å². The van der Waals surface area contributed by atoms with E-state index in [1.807, 2.05) is 0 Å². The molecule has 0 bridgehead atoms. The van der Waals surface area contributed by atoms with Crippen LogP contribution in [0.2, 0.25) is 0 Å². The van der Waals surface area contributed by atoms with Gasteiger partial charge in [0.15, 0.2) is 0 Å². The first-order valence-corrected chi connectivity index (χ1v) is 0. The Balaban J connectivity index is -0.000000000111. The largest absolute Gasteiger partial charge is 0.358 e. The van der Waals surface area contributed by atoms with Crippen LogP contribution < -0.4 is 0 Å². The molecular weight excluding hydrogens is 2390 g/mol. The topological polar surface area (TPSA) is 0 Å². The van der Waals surface area contributed by atoms with Gasteiger partial charge in [-0.15, -0.1) is 0 Å². The van der Waals surface area contributed by atoms with Crippen molar-refractivity contribution in [3.05, 3.63) is 7.40 Å². The average molecular weight is 2400 g/mol. The monoisotopic (exact) mass is 2400 g/mol. The second kappa shape index (κ2) is 70.7. The van der Waals surface area contributed by atoms with Crippen LogP contribution in [0.5, 0.6) is 0 Å². The van der Waals surface area contributed by atoms with Crippen molar-refractivity contribution < 1.29 is 313 Å². The smallest absolute Gasteiger partial charge is 0 e. The maximum Gasteiger partial charge on any atom is 0 e. The van der Waals surface area contributed by atoms with Crippen molar-refractivity contribution in [1.82, 2.24) is 0 Å². The molecule has 0 radical (unpaired) electrons. The Kier molecular flexibility index (Phi) is 439. The van der Waals surface area contributed by atoms with Gasteiger partial charge in [-0.2, -0.15) is 0 Å². The predicted octanol–water partition coefficient (Wildman–Crippen LogP) is 0.450. The zero-order valence-electron chi connectivity index (χ0n) is 6.71. The molecule has 0 aromatic carbocycles. The molecule has 0 aromatic rings. The van der Waals surface area contributed by atoms with Crippen LogP contribution in [0.1, 0.15) is 1.37 Å². The molecule has 0 aromatic heterocycles. The minimum Gasteiger partial charge on any atom is -0.358 e. The summed E-state index contributed by atoms with van der Waals surface area (Å²) in [6.07, 6.45) is 0. The Hall–Kier alpha value is 10.5. The summed E-state index contributed by atoms with van der Waals surface area (Å²) in [4.78, 5) is 0. The summed E-state index contributed by atoms with van der Waals surface area (Å²) in [6.45, 7) is 0. The van der Waals surface area contributed by atoms with Crippen molar-refractivity contribution in [2.24, 2.45) is 0 Å². The summed E-state index contributed by atoms with van der Waals surface area (Å²) >= 11 is 0. The van der Waals surface area contributed by atoms with Crippen molar-refractivity contribution in [1.29, 1.82) is 0 Å². The van der Waals surface area contributed by atoms with Crippen LogP contribution in [0.15, 0.2) is 0 Å². The summed E-state index contributed by atoms with van der Waals surface area (Å²) in [7, 11) is 2.50. The van der Waals surface area contributed by atoms with Crippen LogP contribution in [0.3, 0.4) is 0 Å². The molecule has 0 nitrogen and oxygen atoms in total. The molecule has 48 valence electrons. The Bertz CT molecular complexity index is 9.80. The maximum atomic E-state index is 5.50. The van der Waals surface area contributed by atoms with Crippen LogP contribution in [-0.2, 0) is 0 Å². The van der Waals surface area contributed by atoms with E-state index in [0.717, 1.165) is 0 Å². The first-order valence-electron chi connectivity index (χ1n) is 0.707. The zero-order chi connectivity index (χ0) is 2.00. The molecule has 0 aliphatic rings. The molecule has 0 aliphatic heterocycles. The SMILES string of the molecule is [3H][CH2-].[U].[U].[U].[U].[U].[U].[U].[U].[U].[U]. The Morgan fingerprint density at radius 1 is 0.364 bits per heavy atom. The summed E-state index contributed by atoms with van der Waals surface area (Å²) in [5.41, 5.74) is 0. The van der Waals surface area contributed by atoms with E-state index in [1.165, 1.54) is 0 Å². The molecule has 11 heavy (non-hydrogen) atoms. The van der Waals surface area contributed by atoms with Crippen molar-refractivity contribution in [3.8, 4) is 0 Å². The average Bonchev–Trinajstić information content (AvgIpc) is 1.00. The van der Waals surface area contributed by atoms with Crippen molar-refractivity contribution in [2.45, 2.75) is 0 Å². The minimum atomic E-state index is 0. The molecule has 0 saturated carbocycles. The Morgan fingerprint density at radius 2 is 0.364 bits per heavy atom. The normalized spacial score (nSPS) is 0.636. The van der Waals surface area contributed by atoms with Crippen LogP contribution in [0, 0.1) is 319 Å². The van der Waals surface area contributed by atoms with Gasteiger partial charge >= 0.3 is 0 Å². The Morgan fingerprint density at radius 3 is 0.364 bits per heavy atom. The molecule has 0 saturated heterocycles. The van der Waals surface area contributed by atoms with Gasteiger partial charge in [-0.25, -0.2) is 1.37 Å². The van der Waals surface area contributed by atoms with Gasteiger partial charge in [0, 0.05) is 311 Å². The molecule has 0 atom stereocenters. The van der Waals surface area contributed by atoms with E-state index < -0.39 is 0 Å². The fourth-order valence-electron chi connectivity index (χ4n) is 0. The molecule has 10 heteroatoms. The molecule has 0 heterocycles. The van der Waals surface area contributed by atoms with Crippen LogP contribution in [0.4, 0.5) is 0 Å². The van der Waals surface area contributed by atoms with Gasteiger partial charge in [-0.3, -0.25) is 0 Å². The van der Waals surface area contributed by atoms with Gasteiger partial charge in [-0.1, -0.05) is 0 Å². The third-order valence-electron chi connectivity index (χ3n) is 0. The zero-order valence-corrected chi connectivity index (χ0v) is 47.3. The summed E-state index contributed by atoms with van der Waals surface area (Å²) in [6, 6.07) is 0. The van der Waals surface area contributed by atoms with Gasteiger partial charge in [-0.05, 0) is 0 Å². The van der Waals surface area contributed by atoms with Gasteiger partial charge in [0.2, 0.25) is 0 Å². The number of hydrogen-bond acceptors (Lipinski definition) is 0. The molecular formula is CH3U10-. The van der Waals surface area contributed by atoms with E-state index in [1.54, 1.807) is 0 Å². The molecule has 0 rings (SSSR count). The molecule has 0 aliphatic carbocycles. The number of rotatable bonds is 0. The standard InChI is InChI=1S/CH3.10U/h1H3;;;;;;;;;;/q-1;;;;;;;;;;/i1T;;;;;;;;;;. The molecule has 0 N–H and O–H groups in total. The predicted molar refractivity (Wildman–Crippen MR) is 6.41 cm³/mol. The Labute approximate surface area is 309 Å². The van der Waals surface area contributed by atoms with Crippen molar-refractivity contribution >= 4 is 0 Å². The second-order valence-corrected chi connectivity index (χ2v) is 0. The van der Waals surface area contributed by atoms with Gasteiger partial charge in [0.1, 0.15) is 0 Å². The van der Waals surface area contributed by atoms with E-state index in [4.69, 9.17) is 1.37 Å². The van der Waals surface area contributed by atoms with E-state index in [2.05, 4.69) is 7.40 Å². The first-order chi connectivity index (χ1) is 1.00. The maximum absolute atomic E-state index is 5.50. The fourth-order valence-corrected chi connectivity index (χ4v) is 0. The first kappa shape index (κ1) is 68.3. The third-order valence-corrected chi connectivity index (χ3v) is 0. The van der Waals surface area contributed by atoms with Gasteiger partial charge in [0.25, 0.3) is 0 Å². The molecule has 0 unspecified atom stereocenters. The van der Waals surface area contributed by atoms with E-state index in [0.29, 0.717) is 0 Å². The molecule has 0 fully saturated rings. The third kappa shape index (κ3) is 63.6. The van der Waals surface area contributed by atoms with E-state index >= 15 is 0 Å². The second-order valence-electron chi connectivity index (χ2n) is 0. The quantitative estimate of drug-likeness (QED) is 0.310. The van der Waals surface area contributed by atoms with Crippen LogP contribution >= 0.6 is 0 Å². The minimum absolute atomic E-state index is 0. The van der Waals surface area contributed by atoms with Crippen LogP contribution in [0.25, 0.3) is 0 Å². The van der Waals surface area contributed by atoms with Crippen LogP contribution in [-0.4, -0.2) is 0 Å². The molecule has 0 spiro atoms. The van der Waals surface area contributed by atoms with Crippen molar-refractivity contribution in [3.63, 3.8) is 0 Å². The van der Waals surface area contributed by atoms with Gasteiger partial charge in [0.05, 0.1) is 0 Å². The summed E-state index contributed by atoms with van der Waals surface area (Å²) in [5.74, 6) is 0. The summed E-state index contributed by atoms with van der Waals surface area (Å²) in [5, 5.41) is 0. The molecule has 0 amide bonds.